The molecule has 0 saturated heterocycles. The highest BCUT2D eigenvalue weighted by Crippen LogP contribution is 2.42. The molecule has 1 aliphatic rings. The zero-order chi connectivity index (χ0) is 10.9. The summed E-state index contributed by atoms with van der Waals surface area (Å²) < 4.78 is 0. The molecule has 2 atom stereocenters. The fraction of sp³-hybridized carbons (Fsp3) is 0.571. The molecule has 1 nitrogen and oxygen atoms in total. The van der Waals surface area contributed by atoms with Gasteiger partial charge in [-0.25, -0.2) is 0 Å². The summed E-state index contributed by atoms with van der Waals surface area (Å²) in [6.45, 7) is 4.71. The zero-order valence-corrected chi connectivity index (χ0v) is 11.0. The van der Waals surface area contributed by atoms with Gasteiger partial charge in [-0.2, -0.15) is 0 Å². The maximum atomic E-state index is 6.23. The molecular formula is C14H22ClN. The first-order valence-corrected chi connectivity index (χ1v) is 5.89. The van der Waals surface area contributed by atoms with E-state index in [0.29, 0.717) is 17.4 Å². The lowest BCUT2D eigenvalue weighted by atomic mass is 9.68. The average Bonchev–Trinajstić information content (AvgIpc) is 2.23. The van der Waals surface area contributed by atoms with E-state index in [0.717, 1.165) is 6.42 Å². The lowest BCUT2D eigenvalue weighted by molar-refractivity contribution is 0.198. The molecule has 16 heavy (non-hydrogen) atoms. The summed E-state index contributed by atoms with van der Waals surface area (Å²) in [7, 11) is 0. The van der Waals surface area contributed by atoms with Crippen molar-refractivity contribution in [3.63, 3.8) is 0 Å². The maximum Gasteiger partial charge on any atom is 0.0108 e. The fourth-order valence-electron chi connectivity index (χ4n) is 2.67. The Hall–Kier alpha value is -0.530. The quantitative estimate of drug-likeness (QED) is 0.794. The highest BCUT2D eigenvalue weighted by atomic mass is 35.5. The van der Waals surface area contributed by atoms with Crippen molar-refractivity contribution in [3.05, 3.63) is 35.9 Å². The SMILES string of the molecule is CC1(C)CCC(N)C(c2ccccc2)C1.Cl. The largest absolute Gasteiger partial charge is 0.327 e. The van der Waals surface area contributed by atoms with E-state index in [2.05, 4.69) is 44.2 Å². The molecule has 0 radical (unpaired) electrons. The Balaban J connectivity index is 0.00000128. The van der Waals surface area contributed by atoms with Gasteiger partial charge >= 0.3 is 0 Å². The van der Waals surface area contributed by atoms with Crippen LogP contribution >= 0.6 is 12.4 Å². The molecule has 90 valence electrons. The van der Waals surface area contributed by atoms with Crippen molar-refractivity contribution in [3.8, 4) is 0 Å². The summed E-state index contributed by atoms with van der Waals surface area (Å²) in [4.78, 5) is 0. The summed E-state index contributed by atoms with van der Waals surface area (Å²) in [6.07, 6.45) is 3.64. The first kappa shape index (κ1) is 13.5. The number of nitrogens with two attached hydrogens (primary N) is 1. The molecule has 2 heteroatoms. The van der Waals surface area contributed by atoms with E-state index in [-0.39, 0.29) is 12.4 Å². The predicted octanol–water partition coefficient (Wildman–Crippen LogP) is 3.73. The molecule has 2 unspecified atom stereocenters. The van der Waals surface area contributed by atoms with Crippen LogP contribution in [0.3, 0.4) is 0 Å². The summed E-state index contributed by atoms with van der Waals surface area (Å²) in [6, 6.07) is 11.1. The van der Waals surface area contributed by atoms with Gasteiger partial charge in [0.25, 0.3) is 0 Å². The molecule has 2 N–H and O–H groups in total. The van der Waals surface area contributed by atoms with Crippen LogP contribution in [-0.2, 0) is 0 Å². The molecule has 0 bridgehead atoms. The molecule has 1 aromatic carbocycles. The number of halogens is 1. The highest BCUT2D eigenvalue weighted by Gasteiger charge is 2.33. The zero-order valence-electron chi connectivity index (χ0n) is 10.1. The summed E-state index contributed by atoms with van der Waals surface area (Å²) in [5.74, 6) is 0.551. The van der Waals surface area contributed by atoms with Gasteiger partial charge in [0.15, 0.2) is 0 Å². The van der Waals surface area contributed by atoms with E-state index >= 15 is 0 Å². The lowest BCUT2D eigenvalue weighted by Gasteiger charge is -2.39. The molecular weight excluding hydrogens is 218 g/mol. The van der Waals surface area contributed by atoms with Crippen molar-refractivity contribution in [1.29, 1.82) is 0 Å². The average molecular weight is 240 g/mol. The van der Waals surface area contributed by atoms with Crippen LogP contribution < -0.4 is 5.73 Å². The molecule has 0 spiro atoms. The van der Waals surface area contributed by atoms with Gasteiger partial charge in [-0.3, -0.25) is 0 Å². The van der Waals surface area contributed by atoms with Crippen molar-refractivity contribution in [2.24, 2.45) is 11.1 Å². The number of hydrogen-bond donors (Lipinski definition) is 1. The van der Waals surface area contributed by atoms with Crippen LogP contribution in [0.25, 0.3) is 0 Å². The number of rotatable bonds is 1. The van der Waals surface area contributed by atoms with Crippen LogP contribution in [-0.4, -0.2) is 6.04 Å². The molecule has 0 heterocycles. The van der Waals surface area contributed by atoms with Crippen LogP contribution in [0.5, 0.6) is 0 Å². The maximum absolute atomic E-state index is 6.23. The third-order valence-corrected chi connectivity index (χ3v) is 3.67. The summed E-state index contributed by atoms with van der Waals surface area (Å²) >= 11 is 0. The highest BCUT2D eigenvalue weighted by molar-refractivity contribution is 5.85. The van der Waals surface area contributed by atoms with Crippen LogP contribution in [0.1, 0.15) is 44.6 Å². The van der Waals surface area contributed by atoms with Crippen LogP contribution in [0, 0.1) is 5.41 Å². The smallest absolute Gasteiger partial charge is 0.0108 e. The number of benzene rings is 1. The van der Waals surface area contributed by atoms with Crippen molar-refractivity contribution in [2.75, 3.05) is 0 Å². The number of hydrogen-bond acceptors (Lipinski definition) is 1. The molecule has 1 aliphatic carbocycles. The Morgan fingerprint density at radius 2 is 1.81 bits per heavy atom. The third kappa shape index (κ3) is 2.99. The van der Waals surface area contributed by atoms with Gasteiger partial charge in [0.1, 0.15) is 0 Å². The van der Waals surface area contributed by atoms with Crippen molar-refractivity contribution in [2.45, 2.75) is 45.1 Å². The molecule has 1 saturated carbocycles. The second kappa shape index (κ2) is 5.20. The van der Waals surface area contributed by atoms with Gasteiger partial charge < -0.3 is 5.73 Å². The fourth-order valence-corrected chi connectivity index (χ4v) is 2.67. The van der Waals surface area contributed by atoms with Gasteiger partial charge in [0, 0.05) is 6.04 Å². The molecule has 0 aliphatic heterocycles. The standard InChI is InChI=1S/C14H21N.ClH/c1-14(2)9-8-13(15)12(10-14)11-6-4-3-5-7-11;/h3-7,12-13H,8-10,15H2,1-2H3;1H. The van der Waals surface area contributed by atoms with Gasteiger partial charge in [-0.15, -0.1) is 12.4 Å². The topological polar surface area (TPSA) is 26.0 Å². The van der Waals surface area contributed by atoms with Gasteiger partial charge in [-0.1, -0.05) is 44.2 Å². The second-order valence-corrected chi connectivity index (χ2v) is 5.59. The first-order chi connectivity index (χ1) is 7.08. The summed E-state index contributed by atoms with van der Waals surface area (Å²) in [5.41, 5.74) is 8.10. The van der Waals surface area contributed by atoms with E-state index in [1.54, 1.807) is 0 Å². The third-order valence-electron chi connectivity index (χ3n) is 3.67. The van der Waals surface area contributed by atoms with E-state index in [1.807, 2.05) is 0 Å². The summed E-state index contributed by atoms with van der Waals surface area (Å²) in [5, 5.41) is 0. The minimum absolute atomic E-state index is 0. The van der Waals surface area contributed by atoms with E-state index in [9.17, 15) is 0 Å². The predicted molar refractivity (Wildman–Crippen MR) is 72.0 cm³/mol. The molecule has 1 fully saturated rings. The molecule has 2 rings (SSSR count). The van der Waals surface area contributed by atoms with Crippen molar-refractivity contribution >= 4 is 12.4 Å². The van der Waals surface area contributed by atoms with Crippen molar-refractivity contribution < 1.29 is 0 Å². The molecule has 1 aromatic rings. The Labute approximate surface area is 105 Å². The van der Waals surface area contributed by atoms with Gasteiger partial charge in [-0.05, 0) is 36.2 Å². The molecule has 0 aromatic heterocycles. The van der Waals surface area contributed by atoms with E-state index in [4.69, 9.17) is 5.73 Å². The Morgan fingerprint density at radius 1 is 1.19 bits per heavy atom. The Bertz CT molecular complexity index is 321. The first-order valence-electron chi connectivity index (χ1n) is 5.89. The van der Waals surface area contributed by atoms with Crippen molar-refractivity contribution in [1.82, 2.24) is 0 Å². The minimum atomic E-state index is 0. The second-order valence-electron chi connectivity index (χ2n) is 5.59. The molecule has 0 amide bonds. The normalized spacial score (nSPS) is 28.2. The lowest BCUT2D eigenvalue weighted by Crippen LogP contribution is -2.37. The van der Waals surface area contributed by atoms with E-state index in [1.165, 1.54) is 18.4 Å². The van der Waals surface area contributed by atoms with Crippen LogP contribution in [0.2, 0.25) is 0 Å². The van der Waals surface area contributed by atoms with E-state index < -0.39 is 0 Å². The van der Waals surface area contributed by atoms with Gasteiger partial charge in [0.2, 0.25) is 0 Å². The monoisotopic (exact) mass is 239 g/mol. The Kier molecular flexibility index (Phi) is 4.40. The van der Waals surface area contributed by atoms with Crippen LogP contribution in [0.15, 0.2) is 30.3 Å². The Morgan fingerprint density at radius 3 is 2.44 bits per heavy atom. The van der Waals surface area contributed by atoms with Gasteiger partial charge in [0.05, 0.1) is 0 Å². The van der Waals surface area contributed by atoms with Crippen LogP contribution in [0.4, 0.5) is 0 Å². The minimum Gasteiger partial charge on any atom is -0.327 e.